The fraction of sp³-hybridized carbons (Fsp3) is 0.167. The maximum atomic E-state index is 13.9. The molecule has 5 nitrogen and oxygen atoms in total. The Hall–Kier alpha value is -3.02. The molecule has 0 aliphatic rings. The average molecular weight is 324 g/mol. The molecular weight excluding hydrogens is 307 g/mol. The first-order valence-electron chi connectivity index (χ1n) is 7.58. The zero-order valence-corrected chi connectivity index (χ0v) is 13.4. The molecule has 1 unspecified atom stereocenters. The summed E-state index contributed by atoms with van der Waals surface area (Å²) in [7, 11) is 0. The first-order valence-corrected chi connectivity index (χ1v) is 7.58. The second-order valence-corrected chi connectivity index (χ2v) is 5.48. The number of benzene rings is 1. The van der Waals surface area contributed by atoms with E-state index in [0.29, 0.717) is 16.9 Å². The van der Waals surface area contributed by atoms with Crippen molar-refractivity contribution in [1.82, 2.24) is 20.1 Å². The van der Waals surface area contributed by atoms with E-state index >= 15 is 0 Å². The Labute approximate surface area is 139 Å². The second kappa shape index (κ2) is 6.62. The average Bonchev–Trinajstić information content (AvgIpc) is 2.97. The van der Waals surface area contributed by atoms with Gasteiger partial charge in [0.15, 0.2) is 0 Å². The van der Waals surface area contributed by atoms with Crippen molar-refractivity contribution in [2.45, 2.75) is 19.9 Å². The van der Waals surface area contributed by atoms with Crippen LogP contribution in [0.2, 0.25) is 0 Å². The van der Waals surface area contributed by atoms with Gasteiger partial charge >= 0.3 is 0 Å². The summed E-state index contributed by atoms with van der Waals surface area (Å²) in [5.74, 6) is -0.639. The molecule has 1 amide bonds. The normalized spacial score (nSPS) is 12.0. The fourth-order valence-electron chi connectivity index (χ4n) is 2.51. The number of carbonyl (C=O) groups is 1. The molecule has 1 N–H and O–H groups in total. The summed E-state index contributed by atoms with van der Waals surface area (Å²) >= 11 is 0. The molecule has 3 aromatic rings. The Morgan fingerprint density at radius 3 is 2.62 bits per heavy atom. The second-order valence-electron chi connectivity index (χ2n) is 5.48. The fourth-order valence-corrected chi connectivity index (χ4v) is 2.51. The first-order chi connectivity index (χ1) is 11.6. The molecule has 0 spiro atoms. The number of para-hydroxylation sites is 1. The van der Waals surface area contributed by atoms with Gasteiger partial charge in [-0.3, -0.25) is 9.78 Å². The summed E-state index contributed by atoms with van der Waals surface area (Å²) in [5.41, 5.74) is 2.27. The molecule has 0 aliphatic carbocycles. The largest absolute Gasteiger partial charge is 0.345 e. The molecule has 2 aromatic heterocycles. The van der Waals surface area contributed by atoms with Crippen LogP contribution in [0, 0.1) is 12.7 Å². The van der Waals surface area contributed by atoms with E-state index in [1.807, 2.05) is 19.1 Å². The van der Waals surface area contributed by atoms with Crippen molar-refractivity contribution in [2.75, 3.05) is 0 Å². The predicted molar refractivity (Wildman–Crippen MR) is 88.4 cm³/mol. The summed E-state index contributed by atoms with van der Waals surface area (Å²) < 4.78 is 15.4. The van der Waals surface area contributed by atoms with Gasteiger partial charge in [0, 0.05) is 12.4 Å². The minimum absolute atomic E-state index is 0.170. The van der Waals surface area contributed by atoms with Gasteiger partial charge in [-0.25, -0.2) is 9.07 Å². The van der Waals surface area contributed by atoms with E-state index in [0.717, 1.165) is 5.56 Å². The number of aromatic nitrogens is 3. The van der Waals surface area contributed by atoms with Gasteiger partial charge in [-0.05, 0) is 43.7 Å². The molecular formula is C18H17FN4O. The highest BCUT2D eigenvalue weighted by Crippen LogP contribution is 2.18. The van der Waals surface area contributed by atoms with Crippen molar-refractivity contribution in [3.63, 3.8) is 0 Å². The maximum absolute atomic E-state index is 13.9. The number of halogens is 1. The van der Waals surface area contributed by atoms with E-state index in [4.69, 9.17) is 0 Å². The highest BCUT2D eigenvalue weighted by Gasteiger charge is 2.18. The third-order valence-corrected chi connectivity index (χ3v) is 3.89. The van der Waals surface area contributed by atoms with Gasteiger partial charge in [0.05, 0.1) is 23.5 Å². The van der Waals surface area contributed by atoms with Gasteiger partial charge < -0.3 is 5.32 Å². The van der Waals surface area contributed by atoms with Crippen LogP contribution in [0.15, 0.2) is 55.0 Å². The van der Waals surface area contributed by atoms with Crippen molar-refractivity contribution in [3.05, 3.63) is 77.6 Å². The number of hydrogen-bond donors (Lipinski definition) is 1. The third kappa shape index (κ3) is 3.03. The smallest absolute Gasteiger partial charge is 0.255 e. The van der Waals surface area contributed by atoms with E-state index in [1.165, 1.54) is 16.9 Å². The van der Waals surface area contributed by atoms with Crippen molar-refractivity contribution in [1.29, 1.82) is 0 Å². The minimum Gasteiger partial charge on any atom is -0.345 e. The summed E-state index contributed by atoms with van der Waals surface area (Å²) in [4.78, 5) is 16.5. The van der Waals surface area contributed by atoms with E-state index < -0.39 is 0 Å². The van der Waals surface area contributed by atoms with Crippen LogP contribution in [0.25, 0.3) is 5.69 Å². The highest BCUT2D eigenvalue weighted by atomic mass is 19.1. The number of nitrogens with one attached hydrogen (secondary N) is 1. The Kier molecular flexibility index (Phi) is 4.37. The molecule has 0 aliphatic heterocycles. The maximum Gasteiger partial charge on any atom is 0.255 e. The summed E-state index contributed by atoms with van der Waals surface area (Å²) in [5, 5.41) is 7.07. The summed E-state index contributed by atoms with van der Waals surface area (Å²) in [6.45, 7) is 3.63. The molecule has 6 heteroatoms. The van der Waals surface area contributed by atoms with Gasteiger partial charge in [0.2, 0.25) is 0 Å². The van der Waals surface area contributed by atoms with E-state index in [9.17, 15) is 9.18 Å². The molecule has 122 valence electrons. The van der Waals surface area contributed by atoms with E-state index in [-0.39, 0.29) is 17.8 Å². The molecule has 2 heterocycles. The topological polar surface area (TPSA) is 59.8 Å². The van der Waals surface area contributed by atoms with E-state index in [2.05, 4.69) is 15.4 Å². The zero-order valence-electron chi connectivity index (χ0n) is 13.4. The lowest BCUT2D eigenvalue weighted by Gasteiger charge is -2.14. The number of amides is 1. The summed E-state index contributed by atoms with van der Waals surface area (Å²) in [6, 6.07) is 9.85. The molecule has 3 rings (SSSR count). The van der Waals surface area contributed by atoms with Gasteiger partial charge in [-0.2, -0.15) is 5.10 Å². The van der Waals surface area contributed by atoms with Crippen molar-refractivity contribution in [2.24, 2.45) is 0 Å². The number of pyridine rings is 1. The van der Waals surface area contributed by atoms with Crippen molar-refractivity contribution < 1.29 is 9.18 Å². The molecule has 0 saturated carbocycles. The van der Waals surface area contributed by atoms with E-state index in [1.54, 1.807) is 37.5 Å². The minimum atomic E-state index is -0.388. The van der Waals surface area contributed by atoms with Crippen LogP contribution in [0.5, 0.6) is 0 Å². The molecule has 1 atom stereocenters. The SMILES string of the molecule is Cc1c(C(=O)NC(C)c2ccncc2)cnn1-c1ccccc1F. The van der Waals surface area contributed by atoms with Crippen LogP contribution in [0.3, 0.4) is 0 Å². The molecule has 0 fully saturated rings. The van der Waals surface area contributed by atoms with Crippen LogP contribution in [-0.4, -0.2) is 20.7 Å². The van der Waals surface area contributed by atoms with Gasteiger partial charge in [0.25, 0.3) is 5.91 Å². The number of hydrogen-bond acceptors (Lipinski definition) is 3. The van der Waals surface area contributed by atoms with Crippen LogP contribution in [0.1, 0.15) is 34.6 Å². The lowest BCUT2D eigenvalue weighted by atomic mass is 10.1. The Bertz CT molecular complexity index is 860. The monoisotopic (exact) mass is 324 g/mol. The molecule has 0 saturated heterocycles. The summed E-state index contributed by atoms with van der Waals surface area (Å²) in [6.07, 6.45) is 4.81. The van der Waals surface area contributed by atoms with Crippen LogP contribution >= 0.6 is 0 Å². The number of nitrogens with zero attached hydrogens (tertiary/aromatic N) is 3. The quantitative estimate of drug-likeness (QED) is 0.802. The lowest BCUT2D eigenvalue weighted by Crippen LogP contribution is -2.27. The number of carbonyl (C=O) groups excluding carboxylic acids is 1. The zero-order chi connectivity index (χ0) is 17.1. The van der Waals surface area contributed by atoms with Gasteiger partial charge in [-0.1, -0.05) is 12.1 Å². The Morgan fingerprint density at radius 2 is 1.92 bits per heavy atom. The van der Waals surface area contributed by atoms with Crippen molar-refractivity contribution in [3.8, 4) is 5.69 Å². The van der Waals surface area contributed by atoms with Crippen molar-refractivity contribution >= 4 is 5.91 Å². The molecule has 24 heavy (non-hydrogen) atoms. The Morgan fingerprint density at radius 1 is 1.21 bits per heavy atom. The lowest BCUT2D eigenvalue weighted by molar-refractivity contribution is 0.0939. The van der Waals surface area contributed by atoms with Gasteiger partial charge in [-0.15, -0.1) is 0 Å². The molecule has 0 radical (unpaired) electrons. The molecule has 1 aromatic carbocycles. The van der Waals surface area contributed by atoms with Crippen LogP contribution in [-0.2, 0) is 0 Å². The first kappa shape index (κ1) is 15.9. The predicted octanol–water partition coefficient (Wildman–Crippen LogP) is 3.21. The highest BCUT2D eigenvalue weighted by molar-refractivity contribution is 5.95. The van der Waals surface area contributed by atoms with Gasteiger partial charge in [0.1, 0.15) is 11.5 Å². The molecule has 0 bridgehead atoms. The third-order valence-electron chi connectivity index (χ3n) is 3.89. The number of rotatable bonds is 4. The van der Waals surface area contributed by atoms with Crippen LogP contribution in [0.4, 0.5) is 4.39 Å². The standard InChI is InChI=1S/C18H17FN4O/c1-12(14-7-9-20-10-8-14)22-18(24)15-11-21-23(13(15)2)17-6-4-3-5-16(17)19/h3-12H,1-2H3,(H,22,24). The van der Waals surface area contributed by atoms with Crippen LogP contribution < -0.4 is 5.32 Å². The Balaban J connectivity index is 1.83.